The zero-order valence-electron chi connectivity index (χ0n) is 7.66. The van der Waals surface area contributed by atoms with Crippen LogP contribution in [0.2, 0.25) is 0 Å². The Bertz CT molecular complexity index is 439. The van der Waals surface area contributed by atoms with Crippen molar-refractivity contribution < 1.29 is 4.39 Å². The van der Waals surface area contributed by atoms with Crippen molar-refractivity contribution in [3.05, 3.63) is 29.0 Å². The smallest absolute Gasteiger partial charge is 0.150 e. The first-order chi connectivity index (χ1) is 6.81. The van der Waals surface area contributed by atoms with E-state index in [4.69, 9.17) is 5.73 Å². The Morgan fingerprint density at radius 2 is 2.29 bits per heavy atom. The van der Waals surface area contributed by atoms with Crippen molar-refractivity contribution in [2.24, 2.45) is 5.73 Å². The molecule has 4 heteroatoms. The first-order valence-electron chi connectivity index (χ1n) is 4.55. The van der Waals surface area contributed by atoms with Gasteiger partial charge in [0.2, 0.25) is 0 Å². The molecule has 0 unspecified atom stereocenters. The molecule has 0 saturated carbocycles. The molecule has 1 aromatic heterocycles. The summed E-state index contributed by atoms with van der Waals surface area (Å²) < 4.78 is 14.2. The highest BCUT2D eigenvalue weighted by atomic mass is 32.1. The monoisotopic (exact) mass is 210 g/mol. The van der Waals surface area contributed by atoms with Crippen LogP contribution in [0, 0.1) is 5.82 Å². The topological polar surface area (TPSA) is 38.9 Å². The molecule has 14 heavy (non-hydrogen) atoms. The number of hydrogen-bond acceptors (Lipinski definition) is 3. The van der Waals surface area contributed by atoms with Gasteiger partial charge in [-0.05, 0) is 25.1 Å². The van der Waals surface area contributed by atoms with Gasteiger partial charge in [-0.25, -0.2) is 9.37 Å². The van der Waals surface area contributed by atoms with E-state index in [9.17, 15) is 4.39 Å². The fourth-order valence-corrected chi connectivity index (χ4v) is 2.34. The highest BCUT2D eigenvalue weighted by Gasteiger charge is 2.06. The Morgan fingerprint density at radius 1 is 1.43 bits per heavy atom. The van der Waals surface area contributed by atoms with Crippen LogP contribution in [0.15, 0.2) is 18.2 Å². The minimum atomic E-state index is -0.238. The molecule has 0 spiro atoms. The number of fused-ring (bicyclic) bond motifs is 1. The van der Waals surface area contributed by atoms with Crippen LogP contribution in [0.25, 0.3) is 10.2 Å². The van der Waals surface area contributed by atoms with E-state index < -0.39 is 0 Å². The van der Waals surface area contributed by atoms with Crippen LogP contribution in [0.4, 0.5) is 4.39 Å². The summed E-state index contributed by atoms with van der Waals surface area (Å²) >= 11 is 1.54. The highest BCUT2D eigenvalue weighted by molar-refractivity contribution is 7.18. The normalized spacial score (nSPS) is 11.0. The first kappa shape index (κ1) is 9.55. The molecule has 0 fully saturated rings. The molecule has 0 radical (unpaired) electrons. The van der Waals surface area contributed by atoms with Gasteiger partial charge in [0.15, 0.2) is 0 Å². The van der Waals surface area contributed by atoms with Gasteiger partial charge in [0, 0.05) is 6.42 Å². The summed E-state index contributed by atoms with van der Waals surface area (Å²) in [5.41, 5.74) is 5.89. The van der Waals surface area contributed by atoms with Gasteiger partial charge in [-0.1, -0.05) is 6.07 Å². The third kappa shape index (κ3) is 1.76. The second-order valence-electron chi connectivity index (χ2n) is 3.09. The molecule has 2 nitrogen and oxygen atoms in total. The van der Waals surface area contributed by atoms with Gasteiger partial charge in [0.25, 0.3) is 0 Å². The number of benzene rings is 1. The minimum Gasteiger partial charge on any atom is -0.330 e. The number of rotatable bonds is 3. The molecule has 0 aliphatic heterocycles. The van der Waals surface area contributed by atoms with E-state index >= 15 is 0 Å². The Morgan fingerprint density at radius 3 is 3.00 bits per heavy atom. The molecule has 2 N–H and O–H groups in total. The molecule has 0 atom stereocenters. The number of para-hydroxylation sites is 1. The second kappa shape index (κ2) is 4.02. The standard InChI is InChI=1S/C10H11FN2S/c11-7-3-1-4-8-10(7)13-9(14-8)5-2-6-12/h1,3-4H,2,5-6,12H2. The number of halogens is 1. The number of hydrogen-bond donors (Lipinski definition) is 1. The summed E-state index contributed by atoms with van der Waals surface area (Å²) in [7, 11) is 0. The van der Waals surface area contributed by atoms with Crippen molar-refractivity contribution in [3.8, 4) is 0 Å². The largest absolute Gasteiger partial charge is 0.330 e. The Balaban J connectivity index is 2.36. The number of nitrogens with two attached hydrogens (primary N) is 1. The van der Waals surface area contributed by atoms with Crippen LogP contribution in [-0.2, 0) is 6.42 Å². The summed E-state index contributed by atoms with van der Waals surface area (Å²) in [4.78, 5) is 4.24. The van der Waals surface area contributed by atoms with Crippen molar-refractivity contribution in [3.63, 3.8) is 0 Å². The molecular formula is C10H11FN2S. The van der Waals surface area contributed by atoms with E-state index in [-0.39, 0.29) is 5.82 Å². The molecule has 74 valence electrons. The van der Waals surface area contributed by atoms with E-state index in [2.05, 4.69) is 4.98 Å². The zero-order chi connectivity index (χ0) is 9.97. The lowest BCUT2D eigenvalue weighted by Crippen LogP contribution is -1.99. The molecule has 0 saturated heterocycles. The Hall–Kier alpha value is -1.000. The van der Waals surface area contributed by atoms with Gasteiger partial charge in [-0.2, -0.15) is 0 Å². The molecule has 1 aromatic carbocycles. The van der Waals surface area contributed by atoms with Crippen molar-refractivity contribution in [2.75, 3.05) is 6.54 Å². The second-order valence-corrected chi connectivity index (χ2v) is 4.20. The predicted molar refractivity (Wildman–Crippen MR) is 57.0 cm³/mol. The van der Waals surface area contributed by atoms with Crippen LogP contribution < -0.4 is 5.73 Å². The van der Waals surface area contributed by atoms with Gasteiger partial charge in [-0.15, -0.1) is 11.3 Å². The summed E-state index contributed by atoms with van der Waals surface area (Å²) in [6.07, 6.45) is 1.75. The minimum absolute atomic E-state index is 0.238. The van der Waals surface area contributed by atoms with Gasteiger partial charge in [-0.3, -0.25) is 0 Å². The van der Waals surface area contributed by atoms with E-state index in [1.54, 1.807) is 17.4 Å². The van der Waals surface area contributed by atoms with Gasteiger partial charge in [0.1, 0.15) is 11.3 Å². The molecular weight excluding hydrogens is 199 g/mol. The average Bonchev–Trinajstić information content (AvgIpc) is 2.59. The zero-order valence-corrected chi connectivity index (χ0v) is 8.48. The molecule has 2 rings (SSSR count). The van der Waals surface area contributed by atoms with Crippen LogP contribution in [0.1, 0.15) is 11.4 Å². The van der Waals surface area contributed by atoms with Crippen LogP contribution in [0.3, 0.4) is 0 Å². The lowest BCUT2D eigenvalue weighted by atomic mass is 10.3. The number of aryl methyl sites for hydroxylation is 1. The molecule has 0 aliphatic carbocycles. The van der Waals surface area contributed by atoms with Crippen LogP contribution in [0.5, 0.6) is 0 Å². The Labute approximate surface area is 85.6 Å². The maximum Gasteiger partial charge on any atom is 0.150 e. The maximum atomic E-state index is 13.2. The molecule has 0 amide bonds. The molecule has 0 bridgehead atoms. The lowest BCUT2D eigenvalue weighted by Gasteiger charge is -1.90. The SMILES string of the molecule is NCCCc1nc2c(F)cccc2s1. The van der Waals surface area contributed by atoms with Crippen molar-refractivity contribution in [1.82, 2.24) is 4.98 Å². The summed E-state index contributed by atoms with van der Waals surface area (Å²) in [6.45, 7) is 0.651. The Kier molecular flexibility index (Phi) is 2.74. The van der Waals surface area contributed by atoms with Gasteiger partial charge >= 0.3 is 0 Å². The van der Waals surface area contributed by atoms with Crippen molar-refractivity contribution in [1.29, 1.82) is 0 Å². The third-order valence-corrected chi connectivity index (χ3v) is 3.09. The van der Waals surface area contributed by atoms with E-state index in [1.807, 2.05) is 6.07 Å². The molecule has 2 aromatic rings. The quantitative estimate of drug-likeness (QED) is 0.844. The molecule has 0 aliphatic rings. The number of nitrogens with zero attached hydrogens (tertiary/aromatic N) is 1. The number of aromatic nitrogens is 1. The summed E-state index contributed by atoms with van der Waals surface area (Å²) in [5.74, 6) is -0.238. The number of thiazole rings is 1. The highest BCUT2D eigenvalue weighted by Crippen LogP contribution is 2.24. The average molecular weight is 210 g/mol. The van der Waals surface area contributed by atoms with Crippen molar-refractivity contribution in [2.45, 2.75) is 12.8 Å². The van der Waals surface area contributed by atoms with Gasteiger partial charge < -0.3 is 5.73 Å². The van der Waals surface area contributed by atoms with Crippen LogP contribution in [-0.4, -0.2) is 11.5 Å². The van der Waals surface area contributed by atoms with E-state index in [1.165, 1.54) is 6.07 Å². The van der Waals surface area contributed by atoms with Crippen molar-refractivity contribution >= 4 is 21.6 Å². The summed E-state index contributed by atoms with van der Waals surface area (Å²) in [6, 6.07) is 5.04. The fourth-order valence-electron chi connectivity index (χ4n) is 1.32. The van der Waals surface area contributed by atoms with Gasteiger partial charge in [0.05, 0.1) is 9.71 Å². The molecule has 1 heterocycles. The van der Waals surface area contributed by atoms with E-state index in [0.717, 1.165) is 22.5 Å². The third-order valence-electron chi connectivity index (χ3n) is 2.01. The first-order valence-corrected chi connectivity index (χ1v) is 5.37. The predicted octanol–water partition coefficient (Wildman–Crippen LogP) is 2.33. The van der Waals surface area contributed by atoms with E-state index in [0.29, 0.717) is 12.1 Å². The van der Waals surface area contributed by atoms with Crippen LogP contribution >= 0.6 is 11.3 Å². The maximum absolute atomic E-state index is 13.2. The summed E-state index contributed by atoms with van der Waals surface area (Å²) in [5, 5.41) is 0.968. The lowest BCUT2D eigenvalue weighted by molar-refractivity contribution is 0.637. The fraction of sp³-hybridized carbons (Fsp3) is 0.300.